The molecule has 0 aromatic carbocycles. The number of carbonyl (C=O) groups is 1. The quantitative estimate of drug-likeness (QED) is 0.445. The van der Waals surface area contributed by atoms with Gasteiger partial charge in [0.15, 0.2) is 0 Å². The molecule has 3 nitrogen and oxygen atoms in total. The van der Waals surface area contributed by atoms with Crippen LogP contribution < -0.4 is 0 Å². The molecule has 0 spiro atoms. The van der Waals surface area contributed by atoms with Crippen LogP contribution in [0.5, 0.6) is 0 Å². The predicted octanol–water partition coefficient (Wildman–Crippen LogP) is 1.89. The standard InChI is InChI=1S/C8H11NO2S2/c1-2-11-7(10)6(5-9)8-12-3-4-13-8/h5,9H,2-4H2,1H3. The summed E-state index contributed by atoms with van der Waals surface area (Å²) < 4.78 is 5.76. The normalized spacial score (nSPS) is 15.6. The highest BCUT2D eigenvalue weighted by Crippen LogP contribution is 2.38. The van der Waals surface area contributed by atoms with E-state index in [1.165, 1.54) is 0 Å². The Balaban J connectivity index is 2.75. The van der Waals surface area contributed by atoms with Gasteiger partial charge in [0.2, 0.25) is 0 Å². The van der Waals surface area contributed by atoms with Gasteiger partial charge >= 0.3 is 5.97 Å². The average Bonchev–Trinajstić information content (AvgIpc) is 2.59. The van der Waals surface area contributed by atoms with E-state index in [2.05, 4.69) is 0 Å². The van der Waals surface area contributed by atoms with Gasteiger partial charge in [-0.3, -0.25) is 0 Å². The van der Waals surface area contributed by atoms with Crippen LogP contribution in [0.3, 0.4) is 0 Å². The number of thioether (sulfide) groups is 2. The maximum absolute atomic E-state index is 11.3. The van der Waals surface area contributed by atoms with Crippen LogP contribution >= 0.6 is 23.5 Å². The Morgan fingerprint density at radius 3 is 2.69 bits per heavy atom. The second-order valence-electron chi connectivity index (χ2n) is 2.26. The first-order chi connectivity index (χ1) is 6.29. The van der Waals surface area contributed by atoms with Gasteiger partial charge < -0.3 is 10.1 Å². The minimum Gasteiger partial charge on any atom is -0.462 e. The fourth-order valence-electron chi connectivity index (χ4n) is 0.876. The topological polar surface area (TPSA) is 50.2 Å². The number of hydrogen-bond acceptors (Lipinski definition) is 5. The molecule has 0 aromatic heterocycles. The van der Waals surface area contributed by atoms with E-state index in [-0.39, 0.29) is 5.97 Å². The van der Waals surface area contributed by atoms with Gasteiger partial charge in [0.1, 0.15) is 0 Å². The zero-order chi connectivity index (χ0) is 9.68. The Labute approximate surface area is 85.8 Å². The summed E-state index contributed by atoms with van der Waals surface area (Å²) >= 11 is 3.24. The predicted molar refractivity (Wildman–Crippen MR) is 57.4 cm³/mol. The van der Waals surface area contributed by atoms with Crippen molar-refractivity contribution in [1.82, 2.24) is 0 Å². The summed E-state index contributed by atoms with van der Waals surface area (Å²) in [7, 11) is 0. The van der Waals surface area contributed by atoms with Gasteiger partial charge in [-0.15, -0.1) is 23.5 Å². The summed E-state index contributed by atoms with van der Waals surface area (Å²) in [5, 5.41) is 7.12. The molecule has 0 amide bonds. The van der Waals surface area contributed by atoms with Crippen molar-refractivity contribution in [2.24, 2.45) is 0 Å². The molecule has 0 saturated carbocycles. The van der Waals surface area contributed by atoms with Crippen molar-refractivity contribution in [3.8, 4) is 0 Å². The average molecular weight is 217 g/mol. The van der Waals surface area contributed by atoms with Gasteiger partial charge in [0.05, 0.1) is 16.4 Å². The van der Waals surface area contributed by atoms with E-state index in [1.54, 1.807) is 30.4 Å². The number of esters is 1. The molecule has 1 rings (SSSR count). The molecular weight excluding hydrogens is 206 g/mol. The third-order valence-corrected chi connectivity index (χ3v) is 4.16. The van der Waals surface area contributed by atoms with Crippen LogP contribution in [0, 0.1) is 5.41 Å². The van der Waals surface area contributed by atoms with Crippen LogP contribution in [-0.4, -0.2) is 30.3 Å². The largest absolute Gasteiger partial charge is 0.462 e. The van der Waals surface area contributed by atoms with E-state index in [1.807, 2.05) is 0 Å². The number of ether oxygens (including phenoxy) is 1. The van der Waals surface area contributed by atoms with Crippen molar-refractivity contribution in [3.63, 3.8) is 0 Å². The van der Waals surface area contributed by atoms with E-state index < -0.39 is 0 Å². The fraction of sp³-hybridized carbons (Fsp3) is 0.500. The SMILES string of the molecule is CCOC(=O)C(C=N)=C1SCCS1. The number of rotatable bonds is 3. The molecule has 1 aliphatic heterocycles. The molecule has 1 fully saturated rings. The second-order valence-corrected chi connectivity index (χ2v) is 4.73. The number of carbonyl (C=O) groups excluding carboxylic acids is 1. The summed E-state index contributed by atoms with van der Waals surface area (Å²) in [5.41, 5.74) is 0.398. The third-order valence-electron chi connectivity index (χ3n) is 1.41. The van der Waals surface area contributed by atoms with E-state index in [4.69, 9.17) is 10.1 Å². The molecular formula is C8H11NO2S2. The lowest BCUT2D eigenvalue weighted by atomic mass is 10.3. The highest BCUT2D eigenvalue weighted by molar-refractivity contribution is 8.25. The maximum atomic E-state index is 11.3. The second kappa shape index (κ2) is 5.34. The van der Waals surface area contributed by atoms with Gasteiger partial charge in [-0.05, 0) is 6.92 Å². The molecule has 5 heteroatoms. The molecule has 72 valence electrons. The summed E-state index contributed by atoms with van der Waals surface area (Å²) in [6.45, 7) is 2.12. The molecule has 0 unspecified atom stereocenters. The summed E-state index contributed by atoms with van der Waals surface area (Å²) in [4.78, 5) is 11.3. The Hall–Kier alpha value is -0.420. The minimum absolute atomic E-state index is 0.360. The maximum Gasteiger partial charge on any atom is 0.341 e. The van der Waals surface area contributed by atoms with Gasteiger partial charge in [-0.2, -0.15) is 0 Å². The molecule has 1 saturated heterocycles. The zero-order valence-electron chi connectivity index (χ0n) is 7.33. The van der Waals surface area contributed by atoms with Crippen LogP contribution in [0.25, 0.3) is 0 Å². The smallest absolute Gasteiger partial charge is 0.341 e. The monoisotopic (exact) mass is 217 g/mol. The van der Waals surface area contributed by atoms with Crippen molar-refractivity contribution < 1.29 is 9.53 Å². The van der Waals surface area contributed by atoms with Gasteiger partial charge in [0, 0.05) is 17.7 Å². The van der Waals surface area contributed by atoms with Crippen molar-refractivity contribution in [3.05, 3.63) is 9.81 Å². The molecule has 0 aromatic rings. The number of hydrogen-bond donors (Lipinski definition) is 1. The molecule has 1 N–H and O–H groups in total. The van der Waals surface area contributed by atoms with Gasteiger partial charge in [-0.25, -0.2) is 4.79 Å². The molecule has 0 atom stereocenters. The molecule has 1 aliphatic rings. The van der Waals surface area contributed by atoms with Crippen LogP contribution in [0.15, 0.2) is 9.81 Å². The first kappa shape index (κ1) is 10.7. The van der Waals surface area contributed by atoms with Crippen molar-refractivity contribution in [2.75, 3.05) is 18.1 Å². The molecule has 1 heterocycles. The third kappa shape index (κ3) is 2.77. The first-order valence-corrected chi connectivity index (χ1v) is 5.94. The highest BCUT2D eigenvalue weighted by Gasteiger charge is 2.18. The molecule has 0 bridgehead atoms. The highest BCUT2D eigenvalue weighted by atomic mass is 32.2. The molecule has 0 radical (unpaired) electrons. The summed E-state index contributed by atoms with van der Waals surface area (Å²) in [6, 6.07) is 0. The Bertz CT molecular complexity index is 243. The summed E-state index contributed by atoms with van der Waals surface area (Å²) in [6.07, 6.45) is 1.08. The van der Waals surface area contributed by atoms with E-state index in [9.17, 15) is 4.79 Å². The lowest BCUT2D eigenvalue weighted by molar-refractivity contribution is -0.137. The fourth-order valence-corrected chi connectivity index (χ4v) is 3.34. The summed E-state index contributed by atoms with van der Waals surface area (Å²) in [5.74, 6) is 1.64. The van der Waals surface area contributed by atoms with E-state index in [0.29, 0.717) is 12.2 Å². The Morgan fingerprint density at radius 2 is 2.23 bits per heavy atom. The van der Waals surface area contributed by atoms with Crippen LogP contribution in [0.2, 0.25) is 0 Å². The van der Waals surface area contributed by atoms with Gasteiger partial charge in [-0.1, -0.05) is 0 Å². The zero-order valence-corrected chi connectivity index (χ0v) is 8.96. The van der Waals surface area contributed by atoms with Crippen LogP contribution in [-0.2, 0) is 9.53 Å². The Morgan fingerprint density at radius 1 is 1.62 bits per heavy atom. The lowest BCUT2D eigenvalue weighted by Gasteiger charge is -2.03. The van der Waals surface area contributed by atoms with Crippen molar-refractivity contribution >= 4 is 35.7 Å². The molecule has 0 aliphatic carbocycles. The lowest BCUT2D eigenvalue weighted by Crippen LogP contribution is -2.09. The Kier molecular flexibility index (Phi) is 4.38. The van der Waals surface area contributed by atoms with Crippen molar-refractivity contribution in [1.29, 1.82) is 5.41 Å². The van der Waals surface area contributed by atoms with Crippen LogP contribution in [0.1, 0.15) is 6.92 Å². The molecule has 13 heavy (non-hydrogen) atoms. The first-order valence-electron chi connectivity index (χ1n) is 3.97. The van der Waals surface area contributed by atoms with Crippen molar-refractivity contribution in [2.45, 2.75) is 6.92 Å². The number of nitrogens with one attached hydrogen (secondary N) is 1. The van der Waals surface area contributed by atoms with Crippen LogP contribution in [0.4, 0.5) is 0 Å². The minimum atomic E-state index is -0.380. The van der Waals surface area contributed by atoms with E-state index >= 15 is 0 Å². The van der Waals surface area contributed by atoms with E-state index in [0.717, 1.165) is 22.0 Å². The van der Waals surface area contributed by atoms with Gasteiger partial charge in [0.25, 0.3) is 0 Å².